The van der Waals surface area contributed by atoms with Gasteiger partial charge in [-0.25, -0.2) is 15.0 Å². The van der Waals surface area contributed by atoms with E-state index in [0.717, 1.165) is 50.1 Å². The molecule has 5 aromatic carbocycles. The Morgan fingerprint density at radius 3 is 1.20 bits per heavy atom. The van der Waals surface area contributed by atoms with Crippen LogP contribution in [0, 0.1) is 0 Å². The first-order chi connectivity index (χ1) is 24.7. The molecule has 9 rings (SSSR count). The topological polar surface area (TPSA) is 82.9 Å². The lowest BCUT2D eigenvalue weighted by Crippen LogP contribution is -2.01. The molecule has 1 aliphatic rings. The predicted octanol–water partition coefficient (Wildman–Crippen LogP) is 10.6. The van der Waals surface area contributed by atoms with Crippen LogP contribution in [0.25, 0.3) is 67.5 Å². The molecule has 0 atom stereocenters. The van der Waals surface area contributed by atoms with Gasteiger partial charge in [0, 0.05) is 41.5 Å². The molecule has 236 valence electrons. The molecule has 0 radical (unpaired) electrons. The molecule has 0 amide bonds. The van der Waals surface area contributed by atoms with E-state index in [4.69, 9.17) is 24.4 Å². The minimum Gasteiger partial charge on any atom is -0.449 e. The number of rotatable bonds is 6. The van der Waals surface area contributed by atoms with Gasteiger partial charge in [0.25, 0.3) is 0 Å². The summed E-state index contributed by atoms with van der Waals surface area (Å²) < 4.78 is 12.9. The minimum absolute atomic E-state index is 0.610. The lowest BCUT2D eigenvalue weighted by atomic mass is 9.94. The van der Waals surface area contributed by atoms with Crippen molar-refractivity contribution in [2.24, 2.45) is 0 Å². The average molecular weight is 646 g/mol. The molecule has 4 heterocycles. The van der Waals surface area contributed by atoms with Gasteiger partial charge in [-0.15, -0.1) is 0 Å². The van der Waals surface area contributed by atoms with E-state index in [1.807, 2.05) is 127 Å². The molecule has 3 aromatic heterocycles. The molecule has 8 aromatic rings. The molecular formula is C43H27N5O2. The smallest absolute Gasteiger partial charge is 0.170 e. The number of pyridine rings is 2. The van der Waals surface area contributed by atoms with Gasteiger partial charge >= 0.3 is 0 Å². The summed E-state index contributed by atoms with van der Waals surface area (Å²) in [6.45, 7) is 0. The highest BCUT2D eigenvalue weighted by atomic mass is 16.6. The molecule has 7 nitrogen and oxygen atoms in total. The van der Waals surface area contributed by atoms with E-state index in [-0.39, 0.29) is 0 Å². The molecule has 0 unspecified atom stereocenters. The van der Waals surface area contributed by atoms with Gasteiger partial charge in [-0.05, 0) is 81.9 Å². The fourth-order valence-corrected chi connectivity index (χ4v) is 6.10. The Balaban J connectivity index is 1.04. The molecule has 7 heteroatoms. The Kier molecular flexibility index (Phi) is 7.33. The van der Waals surface area contributed by atoms with E-state index in [1.165, 1.54) is 0 Å². The third kappa shape index (κ3) is 5.63. The fourth-order valence-electron chi connectivity index (χ4n) is 6.10. The fraction of sp³-hybridized carbons (Fsp3) is 0. The van der Waals surface area contributed by atoms with Gasteiger partial charge in [0.15, 0.2) is 40.5 Å². The molecule has 0 saturated carbocycles. The van der Waals surface area contributed by atoms with Crippen LogP contribution in [0.4, 0.5) is 0 Å². The van der Waals surface area contributed by atoms with Crippen LogP contribution in [0.2, 0.25) is 0 Å². The van der Waals surface area contributed by atoms with Crippen LogP contribution in [-0.4, -0.2) is 24.9 Å². The molecule has 0 bridgehead atoms. The predicted molar refractivity (Wildman–Crippen MR) is 195 cm³/mol. The van der Waals surface area contributed by atoms with E-state index < -0.39 is 0 Å². The van der Waals surface area contributed by atoms with Crippen LogP contribution in [0.15, 0.2) is 164 Å². The first-order valence-electron chi connectivity index (χ1n) is 16.2. The maximum absolute atomic E-state index is 6.52. The van der Waals surface area contributed by atoms with Crippen LogP contribution in [0.3, 0.4) is 0 Å². The summed E-state index contributed by atoms with van der Waals surface area (Å²) in [4.78, 5) is 23.0. The third-order valence-electron chi connectivity index (χ3n) is 8.63. The number of hydrogen-bond donors (Lipinski definition) is 0. The van der Waals surface area contributed by atoms with Gasteiger partial charge in [-0.2, -0.15) is 0 Å². The van der Waals surface area contributed by atoms with E-state index >= 15 is 0 Å². The highest BCUT2D eigenvalue weighted by Gasteiger charge is 2.23. The van der Waals surface area contributed by atoms with Gasteiger partial charge in [-0.1, -0.05) is 91.0 Å². The van der Waals surface area contributed by atoms with Crippen molar-refractivity contribution in [3.63, 3.8) is 0 Å². The van der Waals surface area contributed by atoms with E-state index in [2.05, 4.69) is 22.1 Å². The van der Waals surface area contributed by atoms with E-state index in [0.29, 0.717) is 40.5 Å². The Labute approximate surface area is 288 Å². The van der Waals surface area contributed by atoms with Gasteiger partial charge in [0.2, 0.25) is 0 Å². The lowest BCUT2D eigenvalue weighted by molar-refractivity contribution is 0.360. The molecule has 50 heavy (non-hydrogen) atoms. The molecule has 0 aliphatic carbocycles. The second kappa shape index (κ2) is 12.6. The van der Waals surface area contributed by atoms with Crippen LogP contribution in [-0.2, 0) is 0 Å². The standard InChI is InChI=1S/C43H27N5O2/c1-3-7-31(8-4-1)41-46-42(32-9-5-2-6-10-32)48-43(47-41)33-13-11-28(12-14-33)34-15-16-37-38(25-34)50-40-27-36(30-19-23-45-24-20-30)35(26-39(40)49-37)29-17-21-44-22-18-29/h1-27H. The van der Waals surface area contributed by atoms with Crippen molar-refractivity contribution in [1.29, 1.82) is 0 Å². The highest BCUT2D eigenvalue weighted by Crippen LogP contribution is 2.50. The van der Waals surface area contributed by atoms with Crippen LogP contribution in [0.1, 0.15) is 0 Å². The number of nitrogens with zero attached hydrogens (tertiary/aromatic N) is 5. The minimum atomic E-state index is 0.610. The first kappa shape index (κ1) is 29.2. The number of ether oxygens (including phenoxy) is 2. The summed E-state index contributed by atoms with van der Waals surface area (Å²) in [5, 5.41) is 0. The summed E-state index contributed by atoms with van der Waals surface area (Å²) in [5.41, 5.74) is 8.88. The van der Waals surface area contributed by atoms with Crippen molar-refractivity contribution in [1.82, 2.24) is 24.9 Å². The normalized spacial score (nSPS) is 11.5. The highest BCUT2D eigenvalue weighted by molar-refractivity contribution is 5.86. The largest absolute Gasteiger partial charge is 0.449 e. The summed E-state index contributed by atoms with van der Waals surface area (Å²) in [6.07, 6.45) is 7.17. The molecule has 0 spiro atoms. The molecule has 0 saturated heterocycles. The Morgan fingerprint density at radius 1 is 0.300 bits per heavy atom. The van der Waals surface area contributed by atoms with Crippen molar-refractivity contribution in [2.75, 3.05) is 0 Å². The van der Waals surface area contributed by atoms with Crippen molar-refractivity contribution in [3.05, 3.63) is 164 Å². The van der Waals surface area contributed by atoms with Crippen LogP contribution in [0.5, 0.6) is 23.0 Å². The maximum Gasteiger partial charge on any atom is 0.170 e. The van der Waals surface area contributed by atoms with E-state index in [1.54, 1.807) is 24.8 Å². The SMILES string of the molecule is c1ccc(-c2nc(-c3ccccc3)nc(-c3ccc(-c4ccc5c(c4)Oc4cc(-c6ccncc6)c(-c6ccncc6)cc4O5)cc3)n2)cc1. The summed E-state index contributed by atoms with van der Waals surface area (Å²) >= 11 is 0. The second-order valence-electron chi connectivity index (χ2n) is 11.8. The number of benzene rings is 5. The van der Waals surface area contributed by atoms with Gasteiger partial charge in [0.1, 0.15) is 0 Å². The van der Waals surface area contributed by atoms with Gasteiger partial charge < -0.3 is 9.47 Å². The van der Waals surface area contributed by atoms with Gasteiger partial charge in [-0.3, -0.25) is 9.97 Å². The number of fused-ring (bicyclic) bond motifs is 2. The van der Waals surface area contributed by atoms with Crippen molar-refractivity contribution in [2.45, 2.75) is 0 Å². The molecule has 0 fully saturated rings. The zero-order chi connectivity index (χ0) is 33.3. The summed E-state index contributed by atoms with van der Waals surface area (Å²) in [6, 6.07) is 46.3. The molecule has 0 N–H and O–H groups in total. The first-order valence-corrected chi connectivity index (χ1v) is 16.2. The lowest BCUT2D eigenvalue weighted by Gasteiger charge is -2.23. The molecule has 1 aliphatic heterocycles. The van der Waals surface area contributed by atoms with Crippen LogP contribution >= 0.6 is 0 Å². The average Bonchev–Trinajstić information content (AvgIpc) is 3.20. The Morgan fingerprint density at radius 2 is 0.700 bits per heavy atom. The second-order valence-corrected chi connectivity index (χ2v) is 11.8. The van der Waals surface area contributed by atoms with Crippen LogP contribution < -0.4 is 9.47 Å². The monoisotopic (exact) mass is 645 g/mol. The number of hydrogen-bond acceptors (Lipinski definition) is 7. The van der Waals surface area contributed by atoms with E-state index in [9.17, 15) is 0 Å². The van der Waals surface area contributed by atoms with Crippen molar-refractivity contribution >= 4 is 0 Å². The Hall–Kier alpha value is -6.99. The summed E-state index contributed by atoms with van der Waals surface area (Å²) in [5.74, 6) is 4.47. The number of aromatic nitrogens is 5. The maximum atomic E-state index is 6.52. The molecular weight excluding hydrogens is 619 g/mol. The third-order valence-corrected chi connectivity index (χ3v) is 8.63. The zero-order valence-electron chi connectivity index (χ0n) is 26.6. The quantitative estimate of drug-likeness (QED) is 0.178. The van der Waals surface area contributed by atoms with Gasteiger partial charge in [0.05, 0.1) is 0 Å². The summed E-state index contributed by atoms with van der Waals surface area (Å²) in [7, 11) is 0. The van der Waals surface area contributed by atoms with Crippen molar-refractivity contribution in [3.8, 4) is 90.5 Å². The Bertz CT molecular complexity index is 2400. The zero-order valence-corrected chi connectivity index (χ0v) is 26.6. The van der Waals surface area contributed by atoms with Crippen molar-refractivity contribution < 1.29 is 9.47 Å².